The van der Waals surface area contributed by atoms with Crippen molar-refractivity contribution in [2.75, 3.05) is 32.7 Å². The Morgan fingerprint density at radius 3 is 2.54 bits per heavy atom. The molecule has 1 saturated carbocycles. The lowest BCUT2D eigenvalue weighted by molar-refractivity contribution is -0.143. The summed E-state index contributed by atoms with van der Waals surface area (Å²) in [6, 6.07) is 8.58. The molecule has 3 fully saturated rings. The van der Waals surface area contributed by atoms with Gasteiger partial charge in [-0.3, -0.25) is 19.7 Å². The molecule has 3 aliphatic rings. The Balaban J connectivity index is 1.16. The van der Waals surface area contributed by atoms with Crippen LogP contribution in [0, 0.1) is 31.6 Å². The minimum absolute atomic E-state index is 0.325. The van der Waals surface area contributed by atoms with Gasteiger partial charge in [0.2, 0.25) is 0 Å². The van der Waals surface area contributed by atoms with Crippen LogP contribution in [0.3, 0.4) is 0 Å². The summed E-state index contributed by atoms with van der Waals surface area (Å²) in [5.74, 6) is 1.69. The van der Waals surface area contributed by atoms with Crippen molar-refractivity contribution in [3.63, 3.8) is 0 Å². The standard InChI is InChI=1S/C31H44N4O2/c1-22-5-3-7-26(15-22)29-21-35(30(31(36)37)16-25-9-10-25)20-27(29)19-34-13-11-24(12-14-34)6-4-8-28-18-32-23(2)17-33-28/h3,5,7,15,17-18,24-25,27,29-30H,4,6,8-14,16,19-21H2,1-2H3,(H,36,37)/t27-,29+,30+/m0/s1. The molecular weight excluding hydrogens is 460 g/mol. The molecule has 3 heterocycles. The maximum atomic E-state index is 12.2. The molecule has 0 spiro atoms. The average Bonchev–Trinajstić information content (AvgIpc) is 3.62. The second-order valence-corrected chi connectivity index (χ2v) is 12.1. The molecule has 0 radical (unpaired) electrons. The SMILES string of the molecule is Cc1cccc([C@H]2CN([C@H](CC3CC3)C(=O)O)C[C@@H]2CN2CCC(CCCc3cnc(C)cn3)CC2)c1. The van der Waals surface area contributed by atoms with Crippen molar-refractivity contribution >= 4 is 5.97 Å². The minimum atomic E-state index is -0.632. The third-order valence-electron chi connectivity index (χ3n) is 9.00. The first-order valence-corrected chi connectivity index (χ1v) is 14.5. The fourth-order valence-electron chi connectivity index (χ4n) is 6.61. The molecule has 0 unspecified atom stereocenters. The fraction of sp³-hybridized carbons (Fsp3) is 0.645. The summed E-state index contributed by atoms with van der Waals surface area (Å²) in [4.78, 5) is 26.1. The second kappa shape index (κ2) is 12.0. The van der Waals surface area contributed by atoms with E-state index in [0.29, 0.717) is 17.8 Å². The number of benzene rings is 1. The summed E-state index contributed by atoms with van der Waals surface area (Å²) in [7, 11) is 0. The number of carboxylic acids is 1. The van der Waals surface area contributed by atoms with Crippen LogP contribution in [0.25, 0.3) is 0 Å². The average molecular weight is 505 g/mol. The number of hydrogen-bond acceptors (Lipinski definition) is 5. The molecule has 6 heteroatoms. The molecule has 0 amide bonds. The number of carboxylic acid groups (broad SMARTS) is 1. The summed E-state index contributed by atoms with van der Waals surface area (Å²) in [5, 5.41) is 10.0. The van der Waals surface area contributed by atoms with E-state index in [4.69, 9.17) is 0 Å². The van der Waals surface area contributed by atoms with E-state index in [0.717, 1.165) is 62.9 Å². The topological polar surface area (TPSA) is 69.6 Å². The highest BCUT2D eigenvalue weighted by atomic mass is 16.4. The van der Waals surface area contributed by atoms with Crippen molar-refractivity contribution in [1.29, 1.82) is 0 Å². The number of aliphatic carboxylic acids is 1. The van der Waals surface area contributed by atoms with Crippen molar-refractivity contribution < 1.29 is 9.90 Å². The van der Waals surface area contributed by atoms with Crippen LogP contribution >= 0.6 is 0 Å². The van der Waals surface area contributed by atoms with Crippen LogP contribution in [0.5, 0.6) is 0 Å². The molecule has 1 aromatic heterocycles. The molecular formula is C31H44N4O2. The van der Waals surface area contributed by atoms with Gasteiger partial charge in [-0.15, -0.1) is 0 Å². The van der Waals surface area contributed by atoms with E-state index in [1.807, 2.05) is 19.3 Å². The first kappa shape index (κ1) is 26.3. The van der Waals surface area contributed by atoms with Crippen LogP contribution in [0.2, 0.25) is 0 Å². The van der Waals surface area contributed by atoms with Crippen molar-refractivity contribution in [1.82, 2.24) is 19.8 Å². The van der Waals surface area contributed by atoms with Crippen LogP contribution in [0.4, 0.5) is 0 Å². The van der Waals surface area contributed by atoms with Gasteiger partial charge in [-0.25, -0.2) is 0 Å². The van der Waals surface area contributed by atoms with Gasteiger partial charge in [0.25, 0.3) is 0 Å². The summed E-state index contributed by atoms with van der Waals surface area (Å²) >= 11 is 0. The van der Waals surface area contributed by atoms with Gasteiger partial charge in [0.1, 0.15) is 6.04 Å². The van der Waals surface area contributed by atoms with E-state index >= 15 is 0 Å². The number of rotatable bonds is 11. The highest BCUT2D eigenvalue weighted by molar-refractivity contribution is 5.73. The lowest BCUT2D eigenvalue weighted by Crippen LogP contribution is -2.41. The minimum Gasteiger partial charge on any atom is -0.480 e. The molecule has 200 valence electrons. The van der Waals surface area contributed by atoms with E-state index < -0.39 is 5.97 Å². The van der Waals surface area contributed by atoms with Gasteiger partial charge in [0.05, 0.1) is 11.4 Å². The van der Waals surface area contributed by atoms with Gasteiger partial charge in [0.15, 0.2) is 0 Å². The molecule has 5 rings (SSSR count). The number of piperidine rings is 1. The number of hydrogen-bond donors (Lipinski definition) is 1. The number of nitrogens with zero attached hydrogens (tertiary/aromatic N) is 4. The van der Waals surface area contributed by atoms with Crippen LogP contribution in [-0.4, -0.2) is 69.6 Å². The number of carbonyl (C=O) groups is 1. The normalized spacial score (nSPS) is 24.4. The highest BCUT2D eigenvalue weighted by Crippen LogP contribution is 2.39. The third-order valence-corrected chi connectivity index (χ3v) is 9.00. The first-order chi connectivity index (χ1) is 17.9. The molecule has 37 heavy (non-hydrogen) atoms. The molecule has 2 saturated heterocycles. The quantitative estimate of drug-likeness (QED) is 0.459. The largest absolute Gasteiger partial charge is 0.480 e. The predicted molar refractivity (Wildman–Crippen MR) is 147 cm³/mol. The Hall–Kier alpha value is -2.31. The Kier molecular flexibility index (Phi) is 8.56. The molecule has 2 aliphatic heterocycles. The van der Waals surface area contributed by atoms with Crippen LogP contribution in [-0.2, 0) is 11.2 Å². The first-order valence-electron chi connectivity index (χ1n) is 14.5. The Morgan fingerprint density at radius 2 is 1.86 bits per heavy atom. The van der Waals surface area contributed by atoms with Crippen LogP contribution in [0.1, 0.15) is 73.4 Å². The highest BCUT2D eigenvalue weighted by Gasteiger charge is 2.42. The van der Waals surface area contributed by atoms with E-state index in [9.17, 15) is 9.90 Å². The molecule has 0 bridgehead atoms. The van der Waals surface area contributed by atoms with E-state index in [2.05, 4.69) is 51.0 Å². The zero-order chi connectivity index (χ0) is 25.8. The number of aromatic nitrogens is 2. The molecule has 1 aromatic carbocycles. The Morgan fingerprint density at radius 1 is 1.05 bits per heavy atom. The molecule has 3 atom stereocenters. The van der Waals surface area contributed by atoms with Crippen LogP contribution < -0.4 is 0 Å². The fourth-order valence-corrected chi connectivity index (χ4v) is 6.61. The lowest BCUT2D eigenvalue weighted by atomic mass is 9.86. The van der Waals surface area contributed by atoms with E-state index in [-0.39, 0.29) is 6.04 Å². The lowest BCUT2D eigenvalue weighted by Gasteiger charge is -2.35. The van der Waals surface area contributed by atoms with Gasteiger partial charge in [0, 0.05) is 37.9 Å². The summed E-state index contributed by atoms with van der Waals surface area (Å²) in [5.41, 5.74) is 4.77. The molecule has 2 aromatic rings. The summed E-state index contributed by atoms with van der Waals surface area (Å²) in [6.45, 7) is 9.32. The smallest absolute Gasteiger partial charge is 0.320 e. The number of likely N-dealkylation sites (tertiary alicyclic amines) is 2. The predicted octanol–water partition coefficient (Wildman–Crippen LogP) is 5.10. The zero-order valence-electron chi connectivity index (χ0n) is 22.7. The van der Waals surface area contributed by atoms with Gasteiger partial charge in [-0.05, 0) is 88.8 Å². The van der Waals surface area contributed by atoms with Gasteiger partial charge >= 0.3 is 5.97 Å². The monoisotopic (exact) mass is 504 g/mol. The van der Waals surface area contributed by atoms with Gasteiger partial charge in [-0.2, -0.15) is 0 Å². The molecule has 1 aliphatic carbocycles. The van der Waals surface area contributed by atoms with Gasteiger partial charge in [-0.1, -0.05) is 42.7 Å². The molecule has 6 nitrogen and oxygen atoms in total. The summed E-state index contributed by atoms with van der Waals surface area (Å²) in [6.07, 6.45) is 13.0. The maximum absolute atomic E-state index is 12.2. The van der Waals surface area contributed by atoms with Crippen molar-refractivity contribution in [3.05, 3.63) is 59.2 Å². The zero-order valence-corrected chi connectivity index (χ0v) is 22.7. The third kappa shape index (κ3) is 7.17. The van der Waals surface area contributed by atoms with Crippen molar-refractivity contribution in [2.24, 2.45) is 17.8 Å². The Labute approximate surface area is 222 Å². The van der Waals surface area contributed by atoms with Crippen LogP contribution in [0.15, 0.2) is 36.7 Å². The van der Waals surface area contributed by atoms with E-state index in [1.54, 1.807) is 0 Å². The Bertz CT molecular complexity index is 1030. The van der Waals surface area contributed by atoms with Gasteiger partial charge < -0.3 is 10.0 Å². The number of aryl methyl sites for hydroxylation is 3. The maximum Gasteiger partial charge on any atom is 0.320 e. The summed E-state index contributed by atoms with van der Waals surface area (Å²) < 4.78 is 0. The van der Waals surface area contributed by atoms with Crippen molar-refractivity contribution in [3.8, 4) is 0 Å². The van der Waals surface area contributed by atoms with E-state index in [1.165, 1.54) is 49.7 Å². The molecule has 1 N–H and O–H groups in total. The second-order valence-electron chi connectivity index (χ2n) is 12.1. The van der Waals surface area contributed by atoms with Crippen molar-refractivity contribution in [2.45, 2.75) is 77.2 Å².